The van der Waals surface area contributed by atoms with Gasteiger partial charge in [0.2, 0.25) is 15.7 Å². The number of aromatic nitrogens is 3. The fourth-order valence-electron chi connectivity index (χ4n) is 2.24. The number of rotatable bonds is 3. The molecular formula is C14H11N3O6S. The molecule has 124 valence electrons. The minimum absolute atomic E-state index is 0.0349. The van der Waals surface area contributed by atoms with Gasteiger partial charge in [-0.05, 0) is 12.1 Å². The third-order valence-corrected chi connectivity index (χ3v) is 5.16. The van der Waals surface area contributed by atoms with E-state index in [2.05, 4.69) is 9.97 Å². The molecule has 3 aromatic rings. The molecule has 0 radical (unpaired) electrons. The fourth-order valence-corrected chi connectivity index (χ4v) is 3.62. The van der Waals surface area contributed by atoms with E-state index in [-0.39, 0.29) is 31.3 Å². The molecule has 24 heavy (non-hydrogen) atoms. The van der Waals surface area contributed by atoms with E-state index in [1.807, 2.05) is 0 Å². The number of H-pyrrole nitrogens is 1. The van der Waals surface area contributed by atoms with Crippen molar-refractivity contribution >= 4 is 20.7 Å². The number of hydrogen-bond donors (Lipinski definition) is 2. The number of aromatic amines is 1. The first-order chi connectivity index (χ1) is 11.4. The molecule has 0 bridgehead atoms. The van der Waals surface area contributed by atoms with E-state index < -0.39 is 21.1 Å². The van der Waals surface area contributed by atoms with E-state index in [1.165, 1.54) is 31.4 Å². The summed E-state index contributed by atoms with van der Waals surface area (Å²) < 4.78 is 30.3. The van der Waals surface area contributed by atoms with E-state index >= 15 is 0 Å². The molecule has 0 aliphatic carbocycles. The average Bonchev–Trinajstić information content (AvgIpc) is 2.59. The van der Waals surface area contributed by atoms with Crippen molar-refractivity contribution in [1.29, 1.82) is 0 Å². The highest BCUT2D eigenvalue weighted by Gasteiger charge is 2.25. The molecule has 1 aromatic carbocycles. The normalized spacial score (nSPS) is 11.5. The van der Waals surface area contributed by atoms with Gasteiger partial charge in [0, 0.05) is 0 Å². The van der Waals surface area contributed by atoms with Crippen LogP contribution in [0, 0.1) is 0 Å². The molecule has 0 amide bonds. The number of nitrogens with one attached hydrogen (secondary N) is 1. The summed E-state index contributed by atoms with van der Waals surface area (Å²) in [5.41, 5.74) is -2.60. The van der Waals surface area contributed by atoms with Crippen LogP contribution in [-0.4, -0.2) is 35.4 Å². The van der Waals surface area contributed by atoms with Crippen LogP contribution < -0.4 is 16.0 Å². The summed E-state index contributed by atoms with van der Waals surface area (Å²) in [6.07, 6.45) is 0.987. The summed E-state index contributed by atoms with van der Waals surface area (Å²) in [5, 5.41) is 9.11. The van der Waals surface area contributed by atoms with Gasteiger partial charge < -0.3 is 14.9 Å². The van der Waals surface area contributed by atoms with Gasteiger partial charge in [0.25, 0.3) is 0 Å². The van der Waals surface area contributed by atoms with Crippen molar-refractivity contribution in [2.24, 2.45) is 0 Å². The van der Waals surface area contributed by atoms with Gasteiger partial charge in [0.05, 0.1) is 23.7 Å². The van der Waals surface area contributed by atoms with Gasteiger partial charge in [-0.1, -0.05) is 22.9 Å². The van der Waals surface area contributed by atoms with Crippen LogP contribution in [0.25, 0.3) is 10.9 Å². The Morgan fingerprint density at radius 2 is 1.88 bits per heavy atom. The van der Waals surface area contributed by atoms with Crippen molar-refractivity contribution < 1.29 is 18.4 Å². The third kappa shape index (κ3) is 2.24. The summed E-state index contributed by atoms with van der Waals surface area (Å²) in [6.45, 7) is 0. The largest absolute Gasteiger partial charge is 0.480 e. The smallest absolute Gasteiger partial charge is 0.362 e. The van der Waals surface area contributed by atoms with Crippen molar-refractivity contribution in [3.63, 3.8) is 0 Å². The standard InChI is InChI=1S/C14H11N3O6S/c1-23-12-10-11(16-14(19)17(20)13(10)18)9(7-15-12)24(21,22)8-5-3-2-4-6-8/h2-7,20H,1H3,(H,16,19). The first kappa shape index (κ1) is 15.7. The van der Waals surface area contributed by atoms with Gasteiger partial charge in [-0.2, -0.15) is 0 Å². The zero-order chi connectivity index (χ0) is 17.5. The lowest BCUT2D eigenvalue weighted by Gasteiger charge is -2.10. The van der Waals surface area contributed by atoms with Crippen LogP contribution in [0.5, 0.6) is 5.88 Å². The molecule has 2 aromatic heterocycles. The number of fused-ring (bicyclic) bond motifs is 1. The van der Waals surface area contributed by atoms with E-state index in [4.69, 9.17) is 4.74 Å². The van der Waals surface area contributed by atoms with Gasteiger partial charge in [-0.15, -0.1) is 0 Å². The van der Waals surface area contributed by atoms with Crippen LogP contribution in [0.15, 0.2) is 55.9 Å². The minimum atomic E-state index is -4.05. The average molecular weight is 349 g/mol. The monoisotopic (exact) mass is 349 g/mol. The molecule has 3 rings (SSSR count). The molecule has 0 spiro atoms. The maximum absolute atomic E-state index is 12.8. The van der Waals surface area contributed by atoms with Crippen LogP contribution in [0.2, 0.25) is 0 Å². The lowest BCUT2D eigenvalue weighted by molar-refractivity contribution is 0.162. The van der Waals surface area contributed by atoms with Gasteiger partial charge >= 0.3 is 11.2 Å². The molecule has 0 aliphatic rings. The predicted octanol–water partition coefficient (Wildman–Crippen LogP) is 0.163. The Morgan fingerprint density at radius 3 is 2.50 bits per heavy atom. The summed E-state index contributed by atoms with van der Waals surface area (Å²) in [5.74, 6) is -0.221. The number of nitrogens with zero attached hydrogens (tertiary/aromatic N) is 2. The topological polar surface area (TPSA) is 131 Å². The van der Waals surface area contributed by atoms with Crippen LogP contribution >= 0.6 is 0 Å². The second-order valence-electron chi connectivity index (χ2n) is 4.75. The molecule has 2 N–H and O–H groups in total. The highest BCUT2D eigenvalue weighted by Crippen LogP contribution is 2.28. The van der Waals surface area contributed by atoms with Crippen molar-refractivity contribution in [2.45, 2.75) is 9.79 Å². The van der Waals surface area contributed by atoms with Crippen LogP contribution in [0.3, 0.4) is 0 Å². The Morgan fingerprint density at radius 1 is 1.21 bits per heavy atom. The van der Waals surface area contributed by atoms with Gasteiger partial charge in [0.1, 0.15) is 10.3 Å². The van der Waals surface area contributed by atoms with Gasteiger partial charge in [0.15, 0.2) is 0 Å². The zero-order valence-corrected chi connectivity index (χ0v) is 13.1. The molecular weight excluding hydrogens is 338 g/mol. The Hall–Kier alpha value is -3.14. The summed E-state index contributed by atoms with van der Waals surface area (Å²) in [7, 11) is -2.83. The van der Waals surface area contributed by atoms with Crippen molar-refractivity contribution in [3.05, 3.63) is 57.4 Å². The summed E-state index contributed by atoms with van der Waals surface area (Å²) >= 11 is 0. The number of pyridine rings is 1. The number of ether oxygens (including phenoxy) is 1. The number of methoxy groups -OCH3 is 1. The Balaban J connectivity index is 2.48. The molecule has 0 unspecified atom stereocenters. The van der Waals surface area contributed by atoms with Gasteiger partial charge in [-0.3, -0.25) is 4.79 Å². The predicted molar refractivity (Wildman–Crippen MR) is 82.3 cm³/mol. The zero-order valence-electron chi connectivity index (χ0n) is 12.3. The van der Waals surface area contributed by atoms with Crippen LogP contribution in [-0.2, 0) is 9.84 Å². The lowest BCUT2D eigenvalue weighted by atomic mass is 10.3. The minimum Gasteiger partial charge on any atom is -0.480 e. The maximum Gasteiger partial charge on any atom is 0.362 e. The van der Waals surface area contributed by atoms with Crippen LogP contribution in [0.1, 0.15) is 0 Å². The fraction of sp³-hybridized carbons (Fsp3) is 0.0714. The highest BCUT2D eigenvalue weighted by atomic mass is 32.2. The van der Waals surface area contributed by atoms with E-state index in [1.54, 1.807) is 6.07 Å². The SMILES string of the molecule is COc1ncc(S(=O)(=O)c2ccccc2)c2[nH]c(=O)n(O)c(=O)c12. The molecule has 0 saturated heterocycles. The maximum atomic E-state index is 12.8. The first-order valence-electron chi connectivity index (χ1n) is 6.59. The quantitative estimate of drug-likeness (QED) is 0.644. The lowest BCUT2D eigenvalue weighted by Crippen LogP contribution is -2.34. The van der Waals surface area contributed by atoms with E-state index in [0.717, 1.165) is 6.20 Å². The molecule has 9 nitrogen and oxygen atoms in total. The number of benzene rings is 1. The Kier molecular flexibility index (Phi) is 3.60. The first-order valence-corrected chi connectivity index (χ1v) is 8.07. The molecule has 0 saturated carbocycles. The van der Waals surface area contributed by atoms with Gasteiger partial charge in [-0.25, -0.2) is 18.2 Å². The molecule has 2 heterocycles. The van der Waals surface area contributed by atoms with E-state index in [0.29, 0.717) is 0 Å². The molecule has 0 aliphatic heterocycles. The number of sulfone groups is 1. The second kappa shape index (κ2) is 5.49. The van der Waals surface area contributed by atoms with Crippen molar-refractivity contribution in [3.8, 4) is 5.88 Å². The summed E-state index contributed by atoms with van der Waals surface area (Å²) in [6, 6.07) is 7.47. The second-order valence-corrected chi connectivity index (χ2v) is 6.66. The number of hydrogen-bond acceptors (Lipinski definition) is 7. The molecule has 0 fully saturated rings. The third-order valence-electron chi connectivity index (χ3n) is 3.38. The van der Waals surface area contributed by atoms with Crippen molar-refractivity contribution in [1.82, 2.24) is 14.7 Å². The van der Waals surface area contributed by atoms with E-state index in [9.17, 15) is 23.2 Å². The van der Waals surface area contributed by atoms with Crippen molar-refractivity contribution in [2.75, 3.05) is 7.11 Å². The molecule has 0 atom stereocenters. The Bertz CT molecular complexity index is 1150. The summed E-state index contributed by atoms with van der Waals surface area (Å²) in [4.78, 5) is 29.4. The van der Waals surface area contributed by atoms with Crippen LogP contribution in [0.4, 0.5) is 0 Å². The Labute approximate surface area is 134 Å². The molecule has 10 heteroatoms. The highest BCUT2D eigenvalue weighted by molar-refractivity contribution is 7.91.